The van der Waals surface area contributed by atoms with Crippen LogP contribution < -0.4 is 4.57 Å². The van der Waals surface area contributed by atoms with Crippen molar-refractivity contribution in [2.45, 2.75) is 13.0 Å². The molecule has 0 aliphatic rings. The fourth-order valence-corrected chi connectivity index (χ4v) is 3.98. The molecule has 0 radical (unpaired) electrons. The highest BCUT2D eigenvalue weighted by Crippen LogP contribution is 2.36. The van der Waals surface area contributed by atoms with Gasteiger partial charge in [0.1, 0.15) is 12.4 Å². The standard InChI is InChI=1S/C23H19N2O/c1-24-13-14-25(15-24)12-11-21(26)19-9-7-18-6-5-16-3-2-4-17-8-10-20(19)23(18)22(16)17/h2-10,13-15H,11-12H2,1H3/q+1. The number of Topliss-reactive ketones (excluding diaryl/α,β-unsaturated/α-hetero) is 1. The molecule has 1 heterocycles. The van der Waals surface area contributed by atoms with E-state index in [1.165, 1.54) is 26.9 Å². The summed E-state index contributed by atoms with van der Waals surface area (Å²) in [5.74, 6) is 0.194. The van der Waals surface area contributed by atoms with Gasteiger partial charge in [0.2, 0.25) is 6.33 Å². The van der Waals surface area contributed by atoms with E-state index in [1.807, 2.05) is 41.0 Å². The van der Waals surface area contributed by atoms with Crippen LogP contribution in [0, 0.1) is 0 Å². The van der Waals surface area contributed by atoms with E-state index in [2.05, 4.69) is 48.5 Å². The van der Waals surface area contributed by atoms with Gasteiger partial charge in [0.15, 0.2) is 5.78 Å². The third-order valence-electron chi connectivity index (χ3n) is 5.25. The van der Waals surface area contributed by atoms with Gasteiger partial charge in [0.05, 0.1) is 13.6 Å². The Labute approximate surface area is 151 Å². The van der Waals surface area contributed by atoms with Crippen LogP contribution in [0.1, 0.15) is 16.8 Å². The molecule has 0 N–H and O–H groups in total. The predicted molar refractivity (Wildman–Crippen MR) is 105 cm³/mol. The highest BCUT2D eigenvalue weighted by Gasteiger charge is 2.15. The van der Waals surface area contributed by atoms with Crippen LogP contribution >= 0.6 is 0 Å². The maximum atomic E-state index is 13.0. The summed E-state index contributed by atoms with van der Waals surface area (Å²) in [6, 6.07) is 19.0. The highest BCUT2D eigenvalue weighted by atomic mass is 16.1. The van der Waals surface area contributed by atoms with E-state index in [-0.39, 0.29) is 5.78 Å². The lowest BCUT2D eigenvalue weighted by atomic mass is 9.90. The summed E-state index contributed by atoms with van der Waals surface area (Å²) in [7, 11) is 1.99. The Hall–Kier alpha value is -3.20. The van der Waals surface area contributed by atoms with Gasteiger partial charge in [-0.05, 0) is 32.3 Å². The van der Waals surface area contributed by atoms with Crippen LogP contribution in [-0.2, 0) is 13.6 Å². The number of hydrogen-bond acceptors (Lipinski definition) is 1. The number of aromatic nitrogens is 2. The molecule has 0 saturated carbocycles. The van der Waals surface area contributed by atoms with Crippen molar-refractivity contribution in [1.29, 1.82) is 0 Å². The molecule has 0 spiro atoms. The summed E-state index contributed by atoms with van der Waals surface area (Å²) in [4.78, 5) is 13.0. The minimum absolute atomic E-state index is 0.194. The summed E-state index contributed by atoms with van der Waals surface area (Å²) in [5.41, 5.74) is 0.826. The number of ketones is 1. The van der Waals surface area contributed by atoms with E-state index in [9.17, 15) is 4.79 Å². The fourth-order valence-electron chi connectivity index (χ4n) is 3.98. The third kappa shape index (κ3) is 2.28. The zero-order valence-corrected chi connectivity index (χ0v) is 14.6. The molecule has 0 bridgehead atoms. The van der Waals surface area contributed by atoms with Crippen molar-refractivity contribution in [1.82, 2.24) is 4.57 Å². The van der Waals surface area contributed by atoms with Crippen LogP contribution in [-0.4, -0.2) is 10.4 Å². The Bertz CT molecular complexity index is 1250. The molecule has 5 aromatic rings. The second-order valence-corrected chi connectivity index (χ2v) is 6.96. The summed E-state index contributed by atoms with van der Waals surface area (Å²) in [6.07, 6.45) is 6.48. The molecule has 0 saturated heterocycles. The summed E-state index contributed by atoms with van der Waals surface area (Å²) in [6.45, 7) is 0.696. The number of benzene rings is 4. The number of imidazole rings is 1. The first-order valence-corrected chi connectivity index (χ1v) is 8.91. The monoisotopic (exact) mass is 339 g/mol. The van der Waals surface area contributed by atoms with Crippen LogP contribution in [0.3, 0.4) is 0 Å². The maximum absolute atomic E-state index is 13.0. The molecular formula is C23H19N2O+. The summed E-state index contributed by atoms with van der Waals surface area (Å²) >= 11 is 0. The van der Waals surface area contributed by atoms with Gasteiger partial charge in [0.25, 0.3) is 0 Å². The summed E-state index contributed by atoms with van der Waals surface area (Å²) < 4.78 is 4.04. The summed E-state index contributed by atoms with van der Waals surface area (Å²) in [5, 5.41) is 7.18. The van der Waals surface area contributed by atoms with E-state index < -0.39 is 0 Å². The Kier molecular flexibility index (Phi) is 3.29. The van der Waals surface area contributed by atoms with E-state index in [0.717, 1.165) is 10.9 Å². The zero-order valence-electron chi connectivity index (χ0n) is 14.6. The maximum Gasteiger partial charge on any atom is 0.243 e. The Balaban J connectivity index is 1.62. The largest absolute Gasteiger partial charge is 0.294 e. The van der Waals surface area contributed by atoms with Gasteiger partial charge < -0.3 is 0 Å². The molecule has 4 aromatic carbocycles. The van der Waals surface area contributed by atoms with Gasteiger partial charge in [-0.2, -0.15) is 0 Å². The van der Waals surface area contributed by atoms with Crippen molar-refractivity contribution >= 4 is 38.1 Å². The molecule has 26 heavy (non-hydrogen) atoms. The number of carbonyl (C=O) groups is 1. The number of hydrogen-bond donors (Lipinski definition) is 0. The molecule has 3 nitrogen and oxygen atoms in total. The van der Waals surface area contributed by atoms with Gasteiger partial charge in [-0.1, -0.05) is 54.6 Å². The van der Waals surface area contributed by atoms with E-state index in [1.54, 1.807) is 0 Å². The third-order valence-corrected chi connectivity index (χ3v) is 5.25. The number of aryl methyl sites for hydroxylation is 2. The van der Waals surface area contributed by atoms with Crippen molar-refractivity contribution in [2.75, 3.05) is 0 Å². The van der Waals surface area contributed by atoms with E-state index in [0.29, 0.717) is 13.0 Å². The molecule has 0 aliphatic heterocycles. The molecule has 3 heteroatoms. The molecule has 0 amide bonds. The predicted octanol–water partition coefficient (Wildman–Crippen LogP) is 4.48. The van der Waals surface area contributed by atoms with E-state index in [4.69, 9.17) is 0 Å². The molecule has 0 aliphatic carbocycles. The quantitative estimate of drug-likeness (QED) is 0.269. The lowest BCUT2D eigenvalue weighted by molar-refractivity contribution is -0.671. The fraction of sp³-hybridized carbons (Fsp3) is 0.130. The minimum Gasteiger partial charge on any atom is -0.294 e. The molecule has 0 fully saturated rings. The topological polar surface area (TPSA) is 25.9 Å². The van der Waals surface area contributed by atoms with Gasteiger partial charge in [-0.15, -0.1) is 0 Å². The number of carbonyl (C=O) groups excluding carboxylic acids is 1. The molecule has 0 atom stereocenters. The first-order chi connectivity index (χ1) is 12.7. The van der Waals surface area contributed by atoms with Crippen LogP contribution in [0.15, 0.2) is 73.3 Å². The van der Waals surface area contributed by atoms with Gasteiger partial charge >= 0.3 is 0 Å². The van der Waals surface area contributed by atoms with Crippen molar-refractivity contribution in [2.24, 2.45) is 7.05 Å². The zero-order chi connectivity index (χ0) is 17.7. The lowest BCUT2D eigenvalue weighted by Gasteiger charge is -2.13. The smallest absolute Gasteiger partial charge is 0.243 e. The van der Waals surface area contributed by atoms with Gasteiger partial charge in [-0.3, -0.25) is 4.79 Å². The first-order valence-electron chi connectivity index (χ1n) is 8.91. The van der Waals surface area contributed by atoms with Crippen LogP contribution in [0.2, 0.25) is 0 Å². The normalized spacial score (nSPS) is 11.7. The van der Waals surface area contributed by atoms with Gasteiger partial charge in [-0.25, -0.2) is 9.13 Å². The van der Waals surface area contributed by atoms with Crippen molar-refractivity contribution < 1.29 is 9.36 Å². The average Bonchev–Trinajstić information content (AvgIpc) is 3.09. The first kappa shape index (κ1) is 15.1. The van der Waals surface area contributed by atoms with Crippen LogP contribution in [0.5, 0.6) is 0 Å². The molecule has 5 rings (SSSR count). The molecule has 1 aromatic heterocycles. The highest BCUT2D eigenvalue weighted by molar-refractivity contribution is 6.26. The van der Waals surface area contributed by atoms with Crippen molar-refractivity contribution in [3.8, 4) is 0 Å². The van der Waals surface area contributed by atoms with Crippen LogP contribution in [0.4, 0.5) is 0 Å². The lowest BCUT2D eigenvalue weighted by Crippen LogP contribution is -2.23. The second kappa shape index (κ2) is 5.67. The minimum atomic E-state index is 0.194. The molecular weight excluding hydrogens is 320 g/mol. The van der Waals surface area contributed by atoms with Crippen LogP contribution in [0.25, 0.3) is 32.3 Å². The number of rotatable bonds is 4. The number of nitrogens with zero attached hydrogens (tertiary/aromatic N) is 2. The Morgan fingerprint density at radius 3 is 2.35 bits per heavy atom. The SMILES string of the molecule is C[n+]1ccn(CCC(=O)c2ccc3ccc4cccc5ccc2c3c45)c1. The van der Waals surface area contributed by atoms with Crippen molar-refractivity contribution in [3.05, 3.63) is 78.9 Å². The Morgan fingerprint density at radius 2 is 1.62 bits per heavy atom. The second-order valence-electron chi connectivity index (χ2n) is 6.96. The average molecular weight is 339 g/mol. The van der Waals surface area contributed by atoms with Gasteiger partial charge in [0, 0.05) is 12.0 Å². The van der Waals surface area contributed by atoms with E-state index >= 15 is 0 Å². The molecule has 126 valence electrons. The Morgan fingerprint density at radius 1 is 0.923 bits per heavy atom. The molecule has 0 unspecified atom stereocenters. The van der Waals surface area contributed by atoms with Crippen molar-refractivity contribution in [3.63, 3.8) is 0 Å².